The minimum absolute atomic E-state index is 0.0428. The van der Waals surface area contributed by atoms with E-state index in [1.54, 1.807) is 28.8 Å². The Morgan fingerprint density at radius 2 is 2.03 bits per heavy atom. The van der Waals surface area contributed by atoms with Crippen LogP contribution in [0.2, 0.25) is 0 Å². The van der Waals surface area contributed by atoms with Crippen LogP contribution >= 0.6 is 11.8 Å². The Morgan fingerprint density at radius 3 is 2.71 bits per heavy atom. The number of nitrogens with zero attached hydrogens (tertiary/aromatic N) is 2. The third-order valence-corrected chi connectivity index (χ3v) is 9.04. The van der Waals surface area contributed by atoms with E-state index in [-0.39, 0.29) is 42.8 Å². The van der Waals surface area contributed by atoms with Gasteiger partial charge in [-0.3, -0.25) is 14.4 Å². The van der Waals surface area contributed by atoms with Gasteiger partial charge in [0.1, 0.15) is 6.04 Å². The number of esters is 1. The summed E-state index contributed by atoms with van der Waals surface area (Å²) in [4.78, 5) is 43.9. The number of likely N-dealkylation sites (tertiary alicyclic amines) is 1. The fourth-order valence-corrected chi connectivity index (χ4v) is 7.95. The Kier molecular flexibility index (Phi) is 7.48. The molecule has 34 heavy (non-hydrogen) atoms. The van der Waals surface area contributed by atoms with Crippen LogP contribution in [0.3, 0.4) is 0 Å². The van der Waals surface area contributed by atoms with E-state index >= 15 is 0 Å². The molecule has 1 aromatic carbocycles. The highest BCUT2D eigenvalue weighted by atomic mass is 32.2. The van der Waals surface area contributed by atoms with Crippen LogP contribution in [0.1, 0.15) is 24.8 Å². The number of aliphatic hydroxyl groups is 1. The average Bonchev–Trinajstić information content (AvgIpc) is 3.47. The van der Waals surface area contributed by atoms with E-state index in [9.17, 15) is 19.5 Å². The molecular weight excluding hydrogens is 452 g/mol. The van der Waals surface area contributed by atoms with Crippen LogP contribution in [0, 0.1) is 11.8 Å². The number of aliphatic hydroxyl groups excluding tert-OH is 1. The number of ether oxygens (including phenoxy) is 1. The van der Waals surface area contributed by atoms with Crippen molar-refractivity contribution < 1.29 is 24.2 Å². The number of hydrogen-bond acceptors (Lipinski definition) is 6. The number of carbonyl (C=O) groups is 3. The summed E-state index contributed by atoms with van der Waals surface area (Å²) >= 11 is 1.60. The molecule has 2 amide bonds. The SMILES string of the molecule is C=CCCOC(=O)[C@@H]1[C@@H]2CCC3(S2)C(C(=O)N(CC=C)Cc2ccccc2)N(CCO)C(=O)[C@H]13. The molecule has 1 N–H and O–H groups in total. The molecule has 3 aliphatic heterocycles. The lowest BCUT2D eigenvalue weighted by molar-refractivity contribution is -0.154. The third kappa shape index (κ3) is 4.18. The maximum absolute atomic E-state index is 14.0. The molecule has 8 heteroatoms. The Labute approximate surface area is 204 Å². The second-order valence-electron chi connectivity index (χ2n) is 9.05. The summed E-state index contributed by atoms with van der Waals surface area (Å²) in [5.41, 5.74) is 0.983. The number of fused-ring (bicyclic) bond motifs is 1. The maximum Gasteiger partial charge on any atom is 0.310 e. The van der Waals surface area contributed by atoms with Crippen LogP contribution in [-0.4, -0.2) is 75.0 Å². The van der Waals surface area contributed by atoms with Gasteiger partial charge in [0.05, 0.1) is 29.8 Å². The van der Waals surface area contributed by atoms with Crippen LogP contribution in [0.4, 0.5) is 0 Å². The summed E-state index contributed by atoms with van der Waals surface area (Å²) in [6.45, 7) is 8.24. The number of thioether (sulfide) groups is 1. The first kappa shape index (κ1) is 24.5. The molecule has 182 valence electrons. The number of β-amino-alcohol motifs (C(OH)–C–C–N with tert-alkyl or cyclic N) is 1. The minimum atomic E-state index is -0.734. The van der Waals surface area contributed by atoms with Crippen molar-refractivity contribution in [3.05, 3.63) is 61.2 Å². The molecule has 3 heterocycles. The van der Waals surface area contributed by atoms with Gasteiger partial charge in [-0.1, -0.05) is 42.5 Å². The number of rotatable bonds is 11. The summed E-state index contributed by atoms with van der Waals surface area (Å²) in [5.74, 6) is -1.95. The van der Waals surface area contributed by atoms with Crippen molar-refractivity contribution in [2.24, 2.45) is 11.8 Å². The van der Waals surface area contributed by atoms with Crippen molar-refractivity contribution in [2.75, 3.05) is 26.3 Å². The van der Waals surface area contributed by atoms with Gasteiger partial charge >= 0.3 is 5.97 Å². The van der Waals surface area contributed by atoms with Crippen LogP contribution < -0.4 is 0 Å². The summed E-state index contributed by atoms with van der Waals surface area (Å²) in [6, 6.07) is 8.96. The largest absolute Gasteiger partial charge is 0.465 e. The molecule has 2 unspecified atom stereocenters. The zero-order valence-electron chi connectivity index (χ0n) is 19.3. The highest BCUT2D eigenvalue weighted by molar-refractivity contribution is 8.02. The quantitative estimate of drug-likeness (QED) is 0.295. The van der Waals surface area contributed by atoms with Gasteiger partial charge in [-0.05, 0) is 24.8 Å². The molecule has 3 aliphatic rings. The molecule has 0 saturated carbocycles. The van der Waals surface area contributed by atoms with Crippen molar-refractivity contribution in [1.29, 1.82) is 0 Å². The Hall–Kier alpha value is -2.58. The van der Waals surface area contributed by atoms with Gasteiger partial charge < -0.3 is 19.6 Å². The molecule has 0 radical (unpaired) electrons. The summed E-state index contributed by atoms with van der Waals surface area (Å²) in [5, 5.41) is 9.68. The predicted molar refractivity (Wildman–Crippen MR) is 131 cm³/mol. The molecule has 3 saturated heterocycles. The molecule has 1 spiro atoms. The van der Waals surface area contributed by atoms with Crippen molar-refractivity contribution in [3.63, 3.8) is 0 Å². The molecule has 0 aliphatic carbocycles. The van der Waals surface area contributed by atoms with Crippen LogP contribution in [0.25, 0.3) is 0 Å². The first-order chi connectivity index (χ1) is 16.5. The second kappa shape index (κ2) is 10.4. The standard InChI is InChI=1S/C26H32N2O5S/c1-3-5-16-33-25(32)20-19-11-12-26(34-19)21(20)23(30)28(14-15-29)22(26)24(31)27(13-4-2)17-18-9-7-6-8-10-18/h3-4,6-10,19-22,29H,1-2,5,11-17H2/t19-,20+,21-,22?,26?/m0/s1. The summed E-state index contributed by atoms with van der Waals surface area (Å²) < 4.78 is 4.79. The topological polar surface area (TPSA) is 87.2 Å². The lowest BCUT2D eigenvalue weighted by atomic mass is 9.71. The Balaban J connectivity index is 1.65. The molecule has 0 aromatic heterocycles. The van der Waals surface area contributed by atoms with Crippen molar-refractivity contribution in [1.82, 2.24) is 9.80 Å². The predicted octanol–water partition coefficient (Wildman–Crippen LogP) is 2.40. The van der Waals surface area contributed by atoms with E-state index in [1.165, 1.54) is 4.90 Å². The maximum atomic E-state index is 14.0. The minimum Gasteiger partial charge on any atom is -0.465 e. The van der Waals surface area contributed by atoms with E-state index in [0.717, 1.165) is 12.0 Å². The van der Waals surface area contributed by atoms with E-state index in [2.05, 4.69) is 13.2 Å². The first-order valence-corrected chi connectivity index (χ1v) is 12.7. The Bertz CT molecular complexity index is 954. The van der Waals surface area contributed by atoms with Gasteiger partial charge in [-0.25, -0.2) is 0 Å². The molecule has 4 rings (SSSR count). The van der Waals surface area contributed by atoms with E-state index in [4.69, 9.17) is 4.74 Å². The lowest BCUT2D eigenvalue weighted by Crippen LogP contribution is -2.54. The number of hydrogen-bond donors (Lipinski definition) is 1. The molecule has 2 bridgehead atoms. The van der Waals surface area contributed by atoms with Gasteiger partial charge in [0.15, 0.2) is 0 Å². The zero-order valence-corrected chi connectivity index (χ0v) is 20.1. The number of carbonyl (C=O) groups excluding carboxylic acids is 3. The van der Waals surface area contributed by atoms with Gasteiger partial charge in [0.25, 0.3) is 0 Å². The molecule has 1 aromatic rings. The molecular formula is C26H32N2O5S. The Morgan fingerprint density at radius 1 is 1.26 bits per heavy atom. The van der Waals surface area contributed by atoms with E-state index in [1.807, 2.05) is 30.3 Å². The van der Waals surface area contributed by atoms with Gasteiger partial charge in [-0.15, -0.1) is 24.9 Å². The smallest absolute Gasteiger partial charge is 0.310 e. The van der Waals surface area contributed by atoms with Gasteiger partial charge in [-0.2, -0.15) is 0 Å². The average molecular weight is 485 g/mol. The highest BCUT2D eigenvalue weighted by Gasteiger charge is 2.74. The van der Waals surface area contributed by atoms with E-state index in [0.29, 0.717) is 25.9 Å². The van der Waals surface area contributed by atoms with Crippen LogP contribution in [0.15, 0.2) is 55.6 Å². The number of amides is 2. The summed E-state index contributed by atoms with van der Waals surface area (Å²) in [7, 11) is 0. The lowest BCUT2D eigenvalue weighted by Gasteiger charge is -2.37. The van der Waals surface area contributed by atoms with Gasteiger partial charge in [0, 0.05) is 24.9 Å². The molecule has 3 fully saturated rings. The third-order valence-electron chi connectivity index (χ3n) is 7.09. The van der Waals surface area contributed by atoms with Crippen molar-refractivity contribution >= 4 is 29.5 Å². The fraction of sp³-hybridized carbons (Fsp3) is 0.500. The normalized spacial score (nSPS) is 29.1. The molecule has 5 atom stereocenters. The fourth-order valence-electron chi connectivity index (χ4n) is 5.75. The highest BCUT2D eigenvalue weighted by Crippen LogP contribution is 2.66. The number of benzene rings is 1. The van der Waals surface area contributed by atoms with Crippen molar-refractivity contribution in [2.45, 2.75) is 41.8 Å². The first-order valence-electron chi connectivity index (χ1n) is 11.8. The van der Waals surface area contributed by atoms with Crippen LogP contribution in [0.5, 0.6) is 0 Å². The zero-order chi connectivity index (χ0) is 24.3. The van der Waals surface area contributed by atoms with Crippen LogP contribution in [-0.2, 0) is 25.7 Å². The van der Waals surface area contributed by atoms with Crippen molar-refractivity contribution in [3.8, 4) is 0 Å². The monoisotopic (exact) mass is 484 g/mol. The van der Waals surface area contributed by atoms with E-state index < -0.39 is 22.6 Å². The summed E-state index contributed by atoms with van der Waals surface area (Å²) in [6.07, 6.45) is 5.35. The molecule has 7 nitrogen and oxygen atoms in total. The second-order valence-corrected chi connectivity index (χ2v) is 10.7. The van der Waals surface area contributed by atoms with Gasteiger partial charge in [0.2, 0.25) is 11.8 Å².